The van der Waals surface area contributed by atoms with Gasteiger partial charge in [0.1, 0.15) is 0 Å². The smallest absolute Gasteiger partial charge is 0.267 e. The van der Waals surface area contributed by atoms with E-state index < -0.39 is 0 Å². The third kappa shape index (κ3) is 3.39. The van der Waals surface area contributed by atoms with Crippen molar-refractivity contribution in [1.82, 2.24) is 10.4 Å². The summed E-state index contributed by atoms with van der Waals surface area (Å²) in [6.45, 7) is 1.81. The monoisotopic (exact) mass is 273 g/mol. The molecule has 0 unspecified atom stereocenters. The number of carbonyl (C=O) groups excluding carboxylic acids is 1. The molecule has 1 heterocycles. The fourth-order valence-corrected chi connectivity index (χ4v) is 1.72. The lowest BCUT2D eigenvalue weighted by Crippen LogP contribution is -2.19. The van der Waals surface area contributed by atoms with Gasteiger partial charge in [0.25, 0.3) is 5.91 Å². The first-order chi connectivity index (χ1) is 9.18. The Morgan fingerprint density at radius 1 is 1.21 bits per heavy atom. The molecule has 1 aromatic heterocycles. The molecule has 1 aromatic carbocycles. The molecule has 0 aliphatic carbocycles. The number of amides is 1. The van der Waals surface area contributed by atoms with Gasteiger partial charge >= 0.3 is 0 Å². The van der Waals surface area contributed by atoms with Crippen molar-refractivity contribution in [2.45, 2.75) is 6.92 Å². The van der Waals surface area contributed by atoms with Crippen molar-refractivity contribution < 1.29 is 4.79 Å². The minimum atomic E-state index is -0.334. The van der Waals surface area contributed by atoms with Gasteiger partial charge in [-0.25, -0.2) is 5.43 Å². The minimum absolute atomic E-state index is 0.334. The Morgan fingerprint density at radius 2 is 1.89 bits per heavy atom. The number of pyridine rings is 1. The van der Waals surface area contributed by atoms with Gasteiger partial charge in [0.15, 0.2) is 0 Å². The number of hydrogen-bond donors (Lipinski definition) is 1. The Kier molecular flexibility index (Phi) is 4.26. The molecule has 96 valence electrons. The van der Waals surface area contributed by atoms with Crippen LogP contribution in [0.3, 0.4) is 0 Å². The average Bonchev–Trinajstić information content (AvgIpc) is 2.46. The van der Waals surface area contributed by atoms with Gasteiger partial charge in [-0.15, -0.1) is 0 Å². The Labute approximate surface area is 116 Å². The highest BCUT2D eigenvalue weighted by molar-refractivity contribution is 6.33. The summed E-state index contributed by atoms with van der Waals surface area (Å²) in [6, 6.07) is 10.5. The van der Waals surface area contributed by atoms with Gasteiger partial charge in [-0.2, -0.15) is 5.10 Å². The summed E-state index contributed by atoms with van der Waals surface area (Å²) in [5, 5.41) is 4.44. The molecule has 0 spiro atoms. The van der Waals surface area contributed by atoms with Gasteiger partial charge in [0.2, 0.25) is 0 Å². The van der Waals surface area contributed by atoms with E-state index in [1.807, 2.05) is 19.1 Å². The fourth-order valence-electron chi connectivity index (χ4n) is 1.50. The van der Waals surface area contributed by atoms with E-state index in [2.05, 4.69) is 15.5 Å². The predicted molar refractivity (Wildman–Crippen MR) is 75.4 cm³/mol. The van der Waals surface area contributed by atoms with Crippen LogP contribution in [0.4, 0.5) is 0 Å². The summed E-state index contributed by atoms with van der Waals surface area (Å²) in [7, 11) is 0. The largest absolute Gasteiger partial charge is 0.272 e. The minimum Gasteiger partial charge on any atom is -0.267 e. The van der Waals surface area contributed by atoms with E-state index in [0.29, 0.717) is 16.3 Å². The molecule has 4 nitrogen and oxygen atoms in total. The number of halogens is 1. The first kappa shape index (κ1) is 13.2. The van der Waals surface area contributed by atoms with Crippen LogP contribution in [-0.2, 0) is 0 Å². The second kappa shape index (κ2) is 6.11. The van der Waals surface area contributed by atoms with Crippen molar-refractivity contribution in [2.75, 3.05) is 0 Å². The van der Waals surface area contributed by atoms with Gasteiger partial charge < -0.3 is 0 Å². The zero-order valence-corrected chi connectivity index (χ0v) is 11.1. The number of hydrogen-bond acceptors (Lipinski definition) is 3. The molecule has 19 heavy (non-hydrogen) atoms. The quantitative estimate of drug-likeness (QED) is 0.690. The number of rotatable bonds is 3. The van der Waals surface area contributed by atoms with E-state index in [1.165, 1.54) is 0 Å². The topological polar surface area (TPSA) is 54.4 Å². The van der Waals surface area contributed by atoms with Gasteiger partial charge in [0.05, 0.1) is 16.3 Å². The molecule has 0 aliphatic heterocycles. The number of benzene rings is 1. The number of aromatic nitrogens is 1. The molecule has 0 bridgehead atoms. The Bertz CT molecular complexity index is 611. The third-order valence-corrected chi connectivity index (χ3v) is 2.87. The molecule has 0 radical (unpaired) electrons. The van der Waals surface area contributed by atoms with Crippen LogP contribution in [0.15, 0.2) is 53.9 Å². The molecule has 5 heteroatoms. The summed E-state index contributed by atoms with van der Waals surface area (Å²) < 4.78 is 0. The van der Waals surface area contributed by atoms with Crippen molar-refractivity contribution in [3.05, 3.63) is 64.9 Å². The zero-order chi connectivity index (χ0) is 13.7. The van der Waals surface area contributed by atoms with Crippen LogP contribution >= 0.6 is 11.6 Å². The highest BCUT2D eigenvalue weighted by Crippen LogP contribution is 2.14. The summed E-state index contributed by atoms with van der Waals surface area (Å²) in [4.78, 5) is 15.8. The van der Waals surface area contributed by atoms with Crippen LogP contribution in [0, 0.1) is 0 Å². The van der Waals surface area contributed by atoms with Gasteiger partial charge in [-0.05, 0) is 31.2 Å². The number of nitrogens with zero attached hydrogens (tertiary/aromatic N) is 2. The van der Waals surface area contributed by atoms with Crippen molar-refractivity contribution in [3.8, 4) is 0 Å². The summed E-state index contributed by atoms with van der Waals surface area (Å²) in [6.07, 6.45) is 3.34. The molecule has 0 saturated heterocycles. The van der Waals surface area contributed by atoms with E-state index >= 15 is 0 Å². The van der Waals surface area contributed by atoms with E-state index in [4.69, 9.17) is 11.6 Å². The van der Waals surface area contributed by atoms with Crippen LogP contribution < -0.4 is 5.43 Å². The van der Waals surface area contributed by atoms with Crippen molar-refractivity contribution in [3.63, 3.8) is 0 Å². The summed E-state index contributed by atoms with van der Waals surface area (Å²) in [5.41, 5.74) is 4.48. The van der Waals surface area contributed by atoms with Gasteiger partial charge in [-0.3, -0.25) is 9.78 Å². The second-order valence-electron chi connectivity index (χ2n) is 3.85. The standard InChI is InChI=1S/C14H12ClN3O/c1-10(11-6-8-16-9-7-11)17-18-14(19)12-4-2-3-5-13(12)15/h2-9H,1H3,(H,18,19). The van der Waals surface area contributed by atoms with Crippen LogP contribution in [0.2, 0.25) is 5.02 Å². The molecule has 1 N–H and O–H groups in total. The maximum Gasteiger partial charge on any atom is 0.272 e. The van der Waals surface area contributed by atoms with Crippen LogP contribution in [0.1, 0.15) is 22.8 Å². The number of hydrazone groups is 1. The normalized spacial score (nSPS) is 11.2. The molecule has 2 aromatic rings. The van der Waals surface area contributed by atoms with Crippen LogP contribution in [-0.4, -0.2) is 16.6 Å². The summed E-state index contributed by atoms with van der Waals surface area (Å²) in [5.74, 6) is -0.334. The van der Waals surface area contributed by atoms with Crippen LogP contribution in [0.5, 0.6) is 0 Å². The molecule has 1 amide bonds. The maximum absolute atomic E-state index is 11.9. The van der Waals surface area contributed by atoms with E-state index in [0.717, 1.165) is 5.56 Å². The first-order valence-corrected chi connectivity index (χ1v) is 6.06. The van der Waals surface area contributed by atoms with E-state index in [-0.39, 0.29) is 5.91 Å². The summed E-state index contributed by atoms with van der Waals surface area (Å²) >= 11 is 5.93. The fraction of sp³-hybridized carbons (Fsp3) is 0.0714. The molecule has 0 aliphatic rings. The maximum atomic E-state index is 11.9. The second-order valence-corrected chi connectivity index (χ2v) is 4.26. The highest BCUT2D eigenvalue weighted by Gasteiger charge is 2.08. The van der Waals surface area contributed by atoms with E-state index in [1.54, 1.807) is 36.7 Å². The highest BCUT2D eigenvalue weighted by atomic mass is 35.5. The Balaban J connectivity index is 2.11. The van der Waals surface area contributed by atoms with Crippen LogP contribution in [0.25, 0.3) is 0 Å². The SMILES string of the molecule is CC(=NNC(=O)c1ccccc1Cl)c1ccncc1. The molecule has 0 atom stereocenters. The molecule has 0 saturated carbocycles. The predicted octanol–water partition coefficient (Wildman–Crippen LogP) is 2.89. The molecular formula is C14H12ClN3O. The Morgan fingerprint density at radius 3 is 2.58 bits per heavy atom. The molecular weight excluding hydrogens is 262 g/mol. The molecule has 2 rings (SSSR count). The Hall–Kier alpha value is -2.20. The van der Waals surface area contributed by atoms with Gasteiger partial charge in [-0.1, -0.05) is 23.7 Å². The average molecular weight is 274 g/mol. The zero-order valence-electron chi connectivity index (χ0n) is 10.3. The number of nitrogens with one attached hydrogen (secondary N) is 1. The van der Waals surface area contributed by atoms with Crippen molar-refractivity contribution in [2.24, 2.45) is 5.10 Å². The first-order valence-electron chi connectivity index (χ1n) is 5.68. The number of carbonyl (C=O) groups is 1. The third-order valence-electron chi connectivity index (χ3n) is 2.54. The van der Waals surface area contributed by atoms with Crippen molar-refractivity contribution in [1.29, 1.82) is 0 Å². The lowest BCUT2D eigenvalue weighted by Gasteiger charge is -2.04. The lowest BCUT2D eigenvalue weighted by atomic mass is 10.2. The van der Waals surface area contributed by atoms with Crippen molar-refractivity contribution >= 4 is 23.2 Å². The van der Waals surface area contributed by atoms with E-state index in [9.17, 15) is 4.79 Å². The molecule has 0 fully saturated rings. The van der Waals surface area contributed by atoms with Gasteiger partial charge in [0, 0.05) is 18.0 Å². The lowest BCUT2D eigenvalue weighted by molar-refractivity contribution is 0.0955.